The van der Waals surface area contributed by atoms with Crippen molar-refractivity contribution in [2.24, 2.45) is 10.9 Å². The van der Waals surface area contributed by atoms with E-state index >= 15 is 0 Å². The molecule has 2 atom stereocenters. The lowest BCUT2D eigenvalue weighted by Crippen LogP contribution is -2.44. The zero-order chi connectivity index (χ0) is 31.2. The lowest BCUT2D eigenvalue weighted by molar-refractivity contribution is -0.151. The first-order valence-electron chi connectivity index (χ1n) is 14.7. The molecule has 3 heterocycles. The van der Waals surface area contributed by atoms with Crippen LogP contribution in [0.3, 0.4) is 0 Å². The number of carbonyl (C=O) groups excluding carboxylic acids is 3. The Hall–Kier alpha value is -4.25. The number of aliphatic imine (C=N–C) groups is 1. The van der Waals surface area contributed by atoms with Crippen LogP contribution in [0.5, 0.6) is 11.5 Å². The molecule has 0 radical (unpaired) electrons. The Morgan fingerprint density at radius 3 is 2.59 bits per heavy atom. The fraction of sp³-hybridized carbons (Fsp3) is 0.394. The van der Waals surface area contributed by atoms with Crippen LogP contribution in [0, 0.1) is 5.92 Å². The number of carbonyl (C=O) groups is 3. The van der Waals surface area contributed by atoms with Gasteiger partial charge in [-0.15, -0.1) is 0 Å². The van der Waals surface area contributed by atoms with E-state index in [1.807, 2.05) is 58.8 Å². The predicted molar refractivity (Wildman–Crippen MR) is 167 cm³/mol. The number of esters is 2. The van der Waals surface area contributed by atoms with Crippen LogP contribution in [0.1, 0.15) is 50.3 Å². The van der Waals surface area contributed by atoms with Gasteiger partial charge in [0.05, 0.1) is 50.5 Å². The van der Waals surface area contributed by atoms with Crippen molar-refractivity contribution in [3.8, 4) is 11.5 Å². The van der Waals surface area contributed by atoms with Crippen molar-refractivity contribution < 1.29 is 33.3 Å². The van der Waals surface area contributed by atoms with Gasteiger partial charge in [-0.05, 0) is 55.4 Å². The topological polar surface area (TPSA) is 107 Å². The summed E-state index contributed by atoms with van der Waals surface area (Å²) in [5, 5.41) is 2.56. The SMILES string of the molecule is CCOC(=O)[C@@H]1CCCN(C(=O)CC2=CSC3=NC(C)=C(C(=O)OC)[C@H](c4ccc(OCc5ccccc5)c(OC)c4)N23)C1. The molecule has 0 aliphatic carbocycles. The van der Waals surface area contributed by atoms with Crippen molar-refractivity contribution in [3.63, 3.8) is 0 Å². The van der Waals surface area contributed by atoms with E-state index in [1.165, 1.54) is 18.9 Å². The van der Waals surface area contributed by atoms with Gasteiger partial charge in [-0.3, -0.25) is 9.59 Å². The van der Waals surface area contributed by atoms with Gasteiger partial charge in [0.2, 0.25) is 5.91 Å². The summed E-state index contributed by atoms with van der Waals surface area (Å²) >= 11 is 1.40. The van der Waals surface area contributed by atoms with Gasteiger partial charge < -0.3 is 28.7 Å². The van der Waals surface area contributed by atoms with E-state index in [9.17, 15) is 14.4 Å². The van der Waals surface area contributed by atoms with Gasteiger partial charge in [-0.1, -0.05) is 48.2 Å². The number of amidine groups is 1. The molecule has 0 bridgehead atoms. The molecular weight excluding hydrogens is 582 g/mol. The van der Waals surface area contributed by atoms with E-state index in [2.05, 4.69) is 0 Å². The Morgan fingerprint density at radius 2 is 1.86 bits per heavy atom. The van der Waals surface area contributed by atoms with Crippen LogP contribution >= 0.6 is 11.8 Å². The van der Waals surface area contributed by atoms with Crippen LogP contribution in [0.25, 0.3) is 0 Å². The van der Waals surface area contributed by atoms with E-state index in [-0.39, 0.29) is 24.2 Å². The number of likely N-dealkylation sites (tertiary alicyclic amines) is 1. The highest BCUT2D eigenvalue weighted by molar-refractivity contribution is 8.16. The van der Waals surface area contributed by atoms with Gasteiger partial charge in [-0.2, -0.15) is 0 Å². The van der Waals surface area contributed by atoms with E-state index in [1.54, 1.807) is 25.9 Å². The van der Waals surface area contributed by atoms with Crippen LogP contribution < -0.4 is 9.47 Å². The fourth-order valence-corrected chi connectivity index (χ4v) is 6.65. The van der Waals surface area contributed by atoms with Crippen molar-refractivity contribution in [3.05, 3.63) is 82.0 Å². The molecule has 2 aromatic carbocycles. The first-order chi connectivity index (χ1) is 21.3. The number of methoxy groups -OCH3 is 2. The third-order valence-corrected chi connectivity index (χ3v) is 8.76. The third kappa shape index (κ3) is 6.62. The summed E-state index contributed by atoms with van der Waals surface area (Å²) in [4.78, 5) is 47.5. The average molecular weight is 620 g/mol. The number of nitrogens with zero attached hydrogens (tertiary/aromatic N) is 3. The molecule has 1 fully saturated rings. The maximum Gasteiger partial charge on any atom is 0.338 e. The van der Waals surface area contributed by atoms with Crippen LogP contribution in [0.2, 0.25) is 0 Å². The van der Waals surface area contributed by atoms with Crippen LogP contribution in [0.4, 0.5) is 0 Å². The van der Waals surface area contributed by atoms with Gasteiger partial charge in [0, 0.05) is 18.8 Å². The molecule has 11 heteroatoms. The highest BCUT2D eigenvalue weighted by atomic mass is 32.2. The first kappa shape index (κ1) is 31.2. The van der Waals surface area contributed by atoms with E-state index in [4.69, 9.17) is 23.9 Å². The number of hydrogen-bond donors (Lipinski definition) is 0. The van der Waals surface area contributed by atoms with Crippen LogP contribution in [-0.4, -0.2) is 66.7 Å². The van der Waals surface area contributed by atoms with Crippen molar-refractivity contribution in [2.45, 2.75) is 45.8 Å². The number of allylic oxidation sites excluding steroid dienone is 1. The van der Waals surface area contributed by atoms with E-state index < -0.39 is 12.0 Å². The summed E-state index contributed by atoms with van der Waals surface area (Å²) in [7, 11) is 2.91. The number of amides is 1. The number of piperidine rings is 1. The Bertz CT molecular complexity index is 1500. The number of hydrogen-bond acceptors (Lipinski definition) is 10. The second kappa shape index (κ2) is 14.0. The number of benzene rings is 2. The monoisotopic (exact) mass is 619 g/mol. The second-order valence-electron chi connectivity index (χ2n) is 10.7. The number of rotatable bonds is 10. The quantitative estimate of drug-likeness (QED) is 0.331. The molecule has 1 saturated heterocycles. The molecule has 0 N–H and O–H groups in total. The van der Waals surface area contributed by atoms with Crippen molar-refractivity contribution in [1.29, 1.82) is 0 Å². The minimum absolute atomic E-state index is 0.0843. The minimum Gasteiger partial charge on any atom is -0.493 e. The van der Waals surface area contributed by atoms with E-state index in [0.717, 1.165) is 17.5 Å². The van der Waals surface area contributed by atoms with E-state index in [0.29, 0.717) is 66.4 Å². The Morgan fingerprint density at radius 1 is 1.07 bits per heavy atom. The maximum atomic E-state index is 13.6. The predicted octanol–water partition coefficient (Wildman–Crippen LogP) is 5.21. The molecule has 44 heavy (non-hydrogen) atoms. The molecule has 0 saturated carbocycles. The average Bonchev–Trinajstić information content (AvgIpc) is 3.44. The molecule has 0 unspecified atom stereocenters. The van der Waals surface area contributed by atoms with Gasteiger partial charge >= 0.3 is 11.9 Å². The highest BCUT2D eigenvalue weighted by Gasteiger charge is 2.42. The zero-order valence-electron chi connectivity index (χ0n) is 25.4. The largest absolute Gasteiger partial charge is 0.493 e. The van der Waals surface area contributed by atoms with Gasteiger partial charge in [0.15, 0.2) is 16.7 Å². The van der Waals surface area contributed by atoms with Crippen molar-refractivity contribution >= 4 is 34.8 Å². The molecule has 3 aliphatic heterocycles. The Labute approximate surface area is 261 Å². The number of thioether (sulfide) groups is 1. The lowest BCUT2D eigenvalue weighted by Gasteiger charge is -2.37. The number of fused-ring (bicyclic) bond motifs is 1. The van der Waals surface area contributed by atoms with Gasteiger partial charge in [0.25, 0.3) is 0 Å². The second-order valence-corrected chi connectivity index (χ2v) is 11.5. The molecule has 3 aliphatic rings. The molecule has 10 nitrogen and oxygen atoms in total. The minimum atomic E-state index is -0.616. The fourth-order valence-electron chi connectivity index (χ4n) is 5.69. The summed E-state index contributed by atoms with van der Waals surface area (Å²) in [6, 6.07) is 14.8. The Balaban J connectivity index is 1.42. The summed E-state index contributed by atoms with van der Waals surface area (Å²) in [6.07, 6.45) is 1.52. The maximum absolute atomic E-state index is 13.6. The first-order valence-corrected chi connectivity index (χ1v) is 15.5. The normalized spacial score (nSPS) is 19.5. The van der Waals surface area contributed by atoms with Crippen molar-refractivity contribution in [1.82, 2.24) is 9.80 Å². The summed E-state index contributed by atoms with van der Waals surface area (Å²) < 4.78 is 22.2. The highest BCUT2D eigenvalue weighted by Crippen LogP contribution is 2.46. The molecule has 0 spiro atoms. The summed E-state index contributed by atoms with van der Waals surface area (Å²) in [5.74, 6) is -0.122. The molecule has 2 aromatic rings. The molecule has 5 rings (SSSR count). The smallest absolute Gasteiger partial charge is 0.338 e. The molecule has 232 valence electrons. The third-order valence-electron chi connectivity index (χ3n) is 7.87. The molecule has 0 aromatic heterocycles. The Kier molecular flexibility index (Phi) is 9.94. The van der Waals surface area contributed by atoms with Crippen molar-refractivity contribution in [2.75, 3.05) is 33.9 Å². The summed E-state index contributed by atoms with van der Waals surface area (Å²) in [6.45, 7) is 5.15. The lowest BCUT2D eigenvalue weighted by atomic mass is 9.93. The van der Waals surface area contributed by atoms with Gasteiger partial charge in [-0.25, -0.2) is 9.79 Å². The van der Waals surface area contributed by atoms with Crippen LogP contribution in [-0.2, 0) is 30.5 Å². The standard InChI is InChI=1S/C33H37N3O7S/c1-5-42-31(38)24-12-9-15-35(18-24)28(37)17-25-20-44-33-34-21(2)29(32(39)41-4)30(36(25)33)23-13-14-26(27(16-23)40-3)43-19-22-10-7-6-8-11-22/h6-8,10-11,13-14,16,20,24,30H,5,9,12,15,17-19H2,1-4H3/t24-,30+/m1/s1. The van der Waals surface area contributed by atoms with Crippen LogP contribution in [0.15, 0.2) is 75.9 Å². The zero-order valence-corrected chi connectivity index (χ0v) is 26.2. The molecule has 1 amide bonds. The van der Waals surface area contributed by atoms with Gasteiger partial charge in [0.1, 0.15) is 6.61 Å². The number of ether oxygens (including phenoxy) is 4. The molecular formula is C33H37N3O7S. The summed E-state index contributed by atoms with van der Waals surface area (Å²) in [5.41, 5.74) is 3.39.